The minimum Gasteiger partial charge on any atom is -0.437 e. The van der Waals surface area contributed by atoms with Crippen LogP contribution in [0.2, 0.25) is 0 Å². The van der Waals surface area contributed by atoms with Gasteiger partial charge in [0, 0.05) is 54.2 Å². The standard InChI is InChI=1S/C22H20N4O3S/c27-20(8-9-22(28)26-12-13-30-19-7-2-1-6-18(19)26)25-16-4-3-5-17(14-16)29-21-15-23-10-11-24-21/h1-7,10-11,14-15H,8-9,12-13H2,(H,25,27). The quantitative estimate of drug-likeness (QED) is 0.646. The SMILES string of the molecule is O=C(CCC(=O)N1CCSc2ccccc21)Nc1cccc(Oc2cnccn2)c1. The lowest BCUT2D eigenvalue weighted by Gasteiger charge is -2.29. The van der Waals surface area contributed by atoms with E-state index in [2.05, 4.69) is 15.3 Å². The molecule has 0 aliphatic carbocycles. The lowest BCUT2D eigenvalue weighted by molar-refractivity contribution is -0.122. The summed E-state index contributed by atoms with van der Waals surface area (Å²) in [7, 11) is 0. The molecule has 0 bridgehead atoms. The summed E-state index contributed by atoms with van der Waals surface area (Å²) in [6.45, 7) is 0.657. The predicted octanol–water partition coefficient (Wildman–Crippen LogP) is 4.13. The van der Waals surface area contributed by atoms with Gasteiger partial charge in [0.15, 0.2) is 0 Å². The highest BCUT2D eigenvalue weighted by Gasteiger charge is 2.22. The molecule has 1 aliphatic heterocycles. The molecule has 0 saturated carbocycles. The summed E-state index contributed by atoms with van der Waals surface area (Å²) in [5.74, 6) is 1.49. The number of rotatable bonds is 6. The predicted molar refractivity (Wildman–Crippen MR) is 116 cm³/mol. The van der Waals surface area contributed by atoms with Crippen molar-refractivity contribution in [2.75, 3.05) is 22.5 Å². The summed E-state index contributed by atoms with van der Waals surface area (Å²) in [5, 5.41) is 2.82. The molecular weight excluding hydrogens is 400 g/mol. The van der Waals surface area contributed by atoms with Gasteiger partial charge in [-0.3, -0.25) is 14.6 Å². The van der Waals surface area contributed by atoms with Gasteiger partial charge in [0.25, 0.3) is 0 Å². The van der Waals surface area contributed by atoms with Gasteiger partial charge < -0.3 is 15.0 Å². The van der Waals surface area contributed by atoms with Gasteiger partial charge in [0.2, 0.25) is 17.7 Å². The summed E-state index contributed by atoms with van der Waals surface area (Å²) in [6, 6.07) is 14.9. The molecule has 8 heteroatoms. The van der Waals surface area contributed by atoms with Gasteiger partial charge in [-0.05, 0) is 24.3 Å². The Morgan fingerprint density at radius 1 is 1.10 bits per heavy atom. The maximum absolute atomic E-state index is 12.7. The van der Waals surface area contributed by atoms with E-state index in [4.69, 9.17) is 4.74 Å². The Morgan fingerprint density at radius 2 is 2.00 bits per heavy atom. The van der Waals surface area contributed by atoms with E-state index >= 15 is 0 Å². The number of hydrogen-bond acceptors (Lipinski definition) is 6. The van der Waals surface area contributed by atoms with E-state index in [0.29, 0.717) is 23.9 Å². The number of ether oxygens (including phenoxy) is 1. The normalized spacial score (nSPS) is 12.7. The molecule has 30 heavy (non-hydrogen) atoms. The third-order valence-corrected chi connectivity index (χ3v) is 5.52. The monoisotopic (exact) mass is 420 g/mol. The number of hydrogen-bond donors (Lipinski definition) is 1. The fraction of sp³-hybridized carbons (Fsp3) is 0.182. The second-order valence-electron chi connectivity index (χ2n) is 6.58. The fourth-order valence-electron chi connectivity index (χ4n) is 3.10. The zero-order valence-corrected chi connectivity index (χ0v) is 17.0. The molecule has 0 saturated heterocycles. The van der Waals surface area contributed by atoms with Crippen molar-refractivity contribution in [3.05, 3.63) is 67.1 Å². The average Bonchev–Trinajstić information content (AvgIpc) is 2.78. The number of carbonyl (C=O) groups excluding carboxylic acids is 2. The molecule has 0 atom stereocenters. The van der Waals surface area contributed by atoms with Crippen LogP contribution >= 0.6 is 11.8 Å². The number of anilines is 2. The molecule has 1 aromatic heterocycles. The third kappa shape index (κ3) is 4.96. The Kier molecular flexibility index (Phi) is 6.24. The van der Waals surface area contributed by atoms with Crippen LogP contribution in [0.15, 0.2) is 72.0 Å². The molecular formula is C22H20N4O3S. The molecule has 2 amide bonds. The molecule has 0 fully saturated rings. The largest absolute Gasteiger partial charge is 0.437 e. The summed E-state index contributed by atoms with van der Waals surface area (Å²) >= 11 is 1.74. The van der Waals surface area contributed by atoms with Gasteiger partial charge in [-0.1, -0.05) is 18.2 Å². The Balaban J connectivity index is 1.32. The first kappa shape index (κ1) is 19.9. The van der Waals surface area contributed by atoms with Crippen molar-refractivity contribution in [1.29, 1.82) is 0 Å². The number of nitrogens with zero attached hydrogens (tertiary/aromatic N) is 3. The van der Waals surface area contributed by atoms with Crippen molar-refractivity contribution >= 4 is 35.0 Å². The molecule has 0 unspecified atom stereocenters. The van der Waals surface area contributed by atoms with E-state index in [1.165, 1.54) is 12.4 Å². The number of amides is 2. The number of carbonyl (C=O) groups is 2. The number of para-hydroxylation sites is 1. The van der Waals surface area contributed by atoms with Crippen LogP contribution in [-0.4, -0.2) is 34.1 Å². The Hall–Kier alpha value is -3.39. The van der Waals surface area contributed by atoms with E-state index in [1.807, 2.05) is 24.3 Å². The Bertz CT molecular complexity index is 1050. The zero-order chi connectivity index (χ0) is 20.8. The van der Waals surface area contributed by atoms with Crippen molar-refractivity contribution in [2.24, 2.45) is 0 Å². The maximum Gasteiger partial charge on any atom is 0.237 e. The lowest BCUT2D eigenvalue weighted by Crippen LogP contribution is -2.35. The van der Waals surface area contributed by atoms with Crippen LogP contribution in [0.5, 0.6) is 11.6 Å². The van der Waals surface area contributed by atoms with Crippen LogP contribution in [0, 0.1) is 0 Å². The number of benzene rings is 2. The van der Waals surface area contributed by atoms with Crippen LogP contribution in [0.3, 0.4) is 0 Å². The number of thioether (sulfide) groups is 1. The summed E-state index contributed by atoms with van der Waals surface area (Å²) < 4.78 is 5.62. The van der Waals surface area contributed by atoms with Gasteiger partial charge in [0.05, 0.1) is 11.9 Å². The van der Waals surface area contributed by atoms with E-state index < -0.39 is 0 Å². The van der Waals surface area contributed by atoms with Gasteiger partial charge >= 0.3 is 0 Å². The first-order chi connectivity index (χ1) is 14.7. The topological polar surface area (TPSA) is 84.4 Å². The van der Waals surface area contributed by atoms with E-state index in [1.54, 1.807) is 47.1 Å². The second-order valence-corrected chi connectivity index (χ2v) is 7.72. The van der Waals surface area contributed by atoms with Crippen molar-refractivity contribution in [1.82, 2.24) is 9.97 Å². The minimum atomic E-state index is -0.223. The molecule has 1 aliphatic rings. The smallest absolute Gasteiger partial charge is 0.237 e. The van der Waals surface area contributed by atoms with Gasteiger partial charge in [0.1, 0.15) is 5.75 Å². The second kappa shape index (κ2) is 9.41. The third-order valence-electron chi connectivity index (χ3n) is 4.48. The fourth-order valence-corrected chi connectivity index (χ4v) is 4.10. The lowest BCUT2D eigenvalue weighted by atomic mass is 10.2. The van der Waals surface area contributed by atoms with Gasteiger partial charge in [-0.25, -0.2) is 4.98 Å². The minimum absolute atomic E-state index is 0.0439. The highest BCUT2D eigenvalue weighted by molar-refractivity contribution is 7.99. The number of aromatic nitrogens is 2. The Labute approximate surface area is 178 Å². The van der Waals surface area contributed by atoms with Crippen molar-refractivity contribution in [2.45, 2.75) is 17.7 Å². The van der Waals surface area contributed by atoms with Gasteiger partial charge in [-0.15, -0.1) is 11.8 Å². The molecule has 2 heterocycles. The Morgan fingerprint density at radius 3 is 2.87 bits per heavy atom. The van der Waals surface area contributed by atoms with Crippen molar-refractivity contribution < 1.29 is 14.3 Å². The molecule has 3 aromatic rings. The molecule has 152 valence electrons. The number of nitrogens with one attached hydrogen (secondary N) is 1. The molecule has 0 spiro atoms. The number of fused-ring (bicyclic) bond motifs is 1. The first-order valence-corrected chi connectivity index (χ1v) is 10.5. The van der Waals surface area contributed by atoms with E-state index in [9.17, 15) is 9.59 Å². The molecule has 7 nitrogen and oxygen atoms in total. The van der Waals surface area contributed by atoms with Crippen molar-refractivity contribution in [3.63, 3.8) is 0 Å². The van der Waals surface area contributed by atoms with Crippen LogP contribution in [0.25, 0.3) is 0 Å². The van der Waals surface area contributed by atoms with Crippen LogP contribution in [-0.2, 0) is 9.59 Å². The summed E-state index contributed by atoms with van der Waals surface area (Å²) in [5.41, 5.74) is 1.52. The van der Waals surface area contributed by atoms with Crippen LogP contribution in [0.1, 0.15) is 12.8 Å². The molecule has 4 rings (SSSR count). The molecule has 0 radical (unpaired) electrons. The maximum atomic E-state index is 12.7. The van der Waals surface area contributed by atoms with Gasteiger partial charge in [-0.2, -0.15) is 0 Å². The highest BCUT2D eigenvalue weighted by atomic mass is 32.2. The van der Waals surface area contributed by atoms with Crippen LogP contribution in [0.4, 0.5) is 11.4 Å². The van der Waals surface area contributed by atoms with E-state index in [-0.39, 0.29) is 24.7 Å². The van der Waals surface area contributed by atoms with Crippen molar-refractivity contribution in [3.8, 4) is 11.6 Å². The van der Waals surface area contributed by atoms with E-state index in [0.717, 1.165) is 16.3 Å². The summed E-state index contributed by atoms with van der Waals surface area (Å²) in [6.07, 6.45) is 4.87. The molecule has 2 aromatic carbocycles. The average molecular weight is 420 g/mol. The van der Waals surface area contributed by atoms with Crippen LogP contribution < -0.4 is 15.0 Å². The summed E-state index contributed by atoms with van der Waals surface area (Å²) in [4.78, 5) is 35.9. The molecule has 1 N–H and O–H groups in total. The zero-order valence-electron chi connectivity index (χ0n) is 16.2. The first-order valence-electron chi connectivity index (χ1n) is 9.55. The highest BCUT2D eigenvalue weighted by Crippen LogP contribution is 2.34.